The Labute approximate surface area is 73.3 Å². The highest BCUT2D eigenvalue weighted by molar-refractivity contribution is 5.74. The highest BCUT2D eigenvalue weighted by Crippen LogP contribution is 2.39. The van der Waals surface area contributed by atoms with Crippen molar-refractivity contribution in [3.8, 4) is 0 Å². The monoisotopic (exact) mass is 226 g/mol. The van der Waals surface area contributed by atoms with Crippen molar-refractivity contribution >= 4 is 5.97 Å². The lowest BCUT2D eigenvalue weighted by molar-refractivity contribution is -0.283. The molecule has 0 spiro atoms. The predicted molar refractivity (Wildman–Crippen MR) is 28.8 cm³/mol. The van der Waals surface area contributed by atoms with Gasteiger partial charge in [0.05, 0.1) is 0 Å². The van der Waals surface area contributed by atoms with E-state index in [2.05, 4.69) is 4.74 Å². The maximum atomic E-state index is 11.7. The molecule has 0 saturated heterocycles. The van der Waals surface area contributed by atoms with Gasteiger partial charge < -0.3 is 9.84 Å². The van der Waals surface area contributed by atoms with E-state index in [9.17, 15) is 31.1 Å². The molecule has 0 unspecified atom stereocenters. The first kappa shape index (κ1) is 13.0. The van der Waals surface area contributed by atoms with Gasteiger partial charge in [0, 0.05) is 0 Å². The molecule has 0 bridgehead atoms. The normalized spacial score (nSPS) is 13.1. The molecule has 0 aliphatic rings. The summed E-state index contributed by atoms with van der Waals surface area (Å²) in [4.78, 5) is 10.2. The SMILES string of the molecule is O=C(OCO)C(C(F)(F)F)C(F)(F)F. The van der Waals surface area contributed by atoms with E-state index in [0.29, 0.717) is 0 Å². The van der Waals surface area contributed by atoms with Gasteiger partial charge in [0.1, 0.15) is 0 Å². The van der Waals surface area contributed by atoms with Gasteiger partial charge in [-0.3, -0.25) is 4.79 Å². The second-order valence-corrected chi connectivity index (χ2v) is 2.11. The van der Waals surface area contributed by atoms with Crippen LogP contribution in [0.3, 0.4) is 0 Å². The van der Waals surface area contributed by atoms with Gasteiger partial charge in [-0.25, -0.2) is 0 Å². The van der Waals surface area contributed by atoms with E-state index in [1.807, 2.05) is 0 Å². The summed E-state index contributed by atoms with van der Waals surface area (Å²) in [5, 5.41) is 7.84. The van der Waals surface area contributed by atoms with Crippen LogP contribution in [0, 0.1) is 5.92 Å². The summed E-state index contributed by atoms with van der Waals surface area (Å²) in [6.07, 6.45) is -11.6. The molecule has 9 heteroatoms. The van der Waals surface area contributed by atoms with Gasteiger partial charge in [-0.2, -0.15) is 26.3 Å². The topological polar surface area (TPSA) is 46.5 Å². The Morgan fingerprint density at radius 2 is 1.50 bits per heavy atom. The Bertz CT molecular complexity index is 192. The largest absolute Gasteiger partial charge is 0.438 e. The molecular formula is C5H4F6O3. The van der Waals surface area contributed by atoms with Crippen LogP contribution in [0.5, 0.6) is 0 Å². The fourth-order valence-electron chi connectivity index (χ4n) is 0.600. The molecule has 0 aliphatic heterocycles. The van der Waals surface area contributed by atoms with Crippen LogP contribution in [-0.2, 0) is 9.53 Å². The number of hydrogen-bond donors (Lipinski definition) is 1. The van der Waals surface area contributed by atoms with Gasteiger partial charge in [-0.05, 0) is 0 Å². The van der Waals surface area contributed by atoms with Crippen molar-refractivity contribution in [1.29, 1.82) is 0 Å². The Kier molecular flexibility index (Phi) is 3.74. The zero-order valence-electron chi connectivity index (χ0n) is 6.32. The number of halogens is 6. The molecule has 0 heterocycles. The van der Waals surface area contributed by atoms with Crippen LogP contribution in [0.25, 0.3) is 0 Å². The van der Waals surface area contributed by atoms with Crippen molar-refractivity contribution in [2.45, 2.75) is 12.4 Å². The summed E-state index contributed by atoms with van der Waals surface area (Å²) in [6, 6.07) is 0. The minimum Gasteiger partial charge on any atom is -0.438 e. The maximum absolute atomic E-state index is 11.7. The lowest BCUT2D eigenvalue weighted by atomic mass is 10.1. The van der Waals surface area contributed by atoms with E-state index in [1.165, 1.54) is 0 Å². The van der Waals surface area contributed by atoms with Crippen LogP contribution in [0.1, 0.15) is 0 Å². The molecule has 0 aromatic carbocycles. The van der Waals surface area contributed by atoms with E-state index < -0.39 is 31.0 Å². The van der Waals surface area contributed by atoms with Crippen molar-refractivity contribution in [2.24, 2.45) is 5.92 Å². The van der Waals surface area contributed by atoms with Crippen molar-refractivity contribution < 1.29 is 41.0 Å². The van der Waals surface area contributed by atoms with Gasteiger partial charge in [-0.1, -0.05) is 0 Å². The lowest BCUT2D eigenvalue weighted by Crippen LogP contribution is -2.43. The maximum Gasteiger partial charge on any atom is 0.411 e. The quantitative estimate of drug-likeness (QED) is 0.437. The average molecular weight is 226 g/mol. The Hall–Kier alpha value is -0.990. The first-order valence-corrected chi connectivity index (χ1v) is 3.01. The van der Waals surface area contributed by atoms with Crippen LogP contribution in [-0.4, -0.2) is 30.2 Å². The van der Waals surface area contributed by atoms with Gasteiger partial charge in [-0.15, -0.1) is 0 Å². The molecule has 0 aromatic heterocycles. The van der Waals surface area contributed by atoms with Crippen molar-refractivity contribution in [1.82, 2.24) is 0 Å². The van der Waals surface area contributed by atoms with E-state index in [4.69, 9.17) is 5.11 Å². The molecule has 0 aromatic rings. The number of ether oxygens (including phenoxy) is 1. The number of rotatable bonds is 2. The molecule has 0 aliphatic carbocycles. The summed E-state index contributed by atoms with van der Waals surface area (Å²) in [7, 11) is 0. The average Bonchev–Trinajstić information content (AvgIpc) is 1.78. The lowest BCUT2D eigenvalue weighted by Gasteiger charge is -2.20. The fourth-order valence-corrected chi connectivity index (χ4v) is 0.600. The number of aliphatic hydroxyl groups is 1. The standard InChI is InChI=1S/C5H4F6O3/c6-4(7,8)2(5(9,10)11)3(13)14-1-12/h2,12H,1H2. The van der Waals surface area contributed by atoms with Crippen LogP contribution in [0.2, 0.25) is 0 Å². The van der Waals surface area contributed by atoms with Crippen LogP contribution in [0.15, 0.2) is 0 Å². The van der Waals surface area contributed by atoms with E-state index in [-0.39, 0.29) is 0 Å². The summed E-state index contributed by atoms with van der Waals surface area (Å²) in [5.41, 5.74) is 0. The summed E-state index contributed by atoms with van der Waals surface area (Å²) < 4.78 is 73.4. The molecule has 0 rings (SSSR count). The Morgan fingerprint density at radius 1 is 1.14 bits per heavy atom. The number of alkyl halides is 6. The Balaban J connectivity index is 4.84. The van der Waals surface area contributed by atoms with Crippen LogP contribution >= 0.6 is 0 Å². The summed E-state index contributed by atoms with van der Waals surface area (Å²) in [6.45, 7) is -1.54. The third-order valence-corrected chi connectivity index (χ3v) is 1.10. The van der Waals surface area contributed by atoms with Crippen molar-refractivity contribution in [3.05, 3.63) is 0 Å². The van der Waals surface area contributed by atoms with Gasteiger partial charge in [0.2, 0.25) is 5.92 Å². The second-order valence-electron chi connectivity index (χ2n) is 2.11. The number of carbonyl (C=O) groups is 1. The smallest absolute Gasteiger partial charge is 0.411 e. The van der Waals surface area contributed by atoms with E-state index >= 15 is 0 Å². The number of aliphatic hydroxyl groups excluding tert-OH is 1. The molecule has 0 saturated carbocycles. The second kappa shape index (κ2) is 4.03. The number of carbonyl (C=O) groups excluding carboxylic acids is 1. The van der Waals surface area contributed by atoms with Crippen molar-refractivity contribution in [2.75, 3.05) is 6.79 Å². The molecule has 84 valence electrons. The van der Waals surface area contributed by atoms with Gasteiger partial charge >= 0.3 is 18.3 Å². The highest BCUT2D eigenvalue weighted by Gasteiger charge is 2.62. The minimum absolute atomic E-state index is 1.54. The highest BCUT2D eigenvalue weighted by atomic mass is 19.4. The van der Waals surface area contributed by atoms with Gasteiger partial charge in [0.15, 0.2) is 6.79 Å². The molecule has 0 radical (unpaired) electrons. The van der Waals surface area contributed by atoms with Crippen LogP contribution < -0.4 is 0 Å². The molecule has 0 fully saturated rings. The third-order valence-electron chi connectivity index (χ3n) is 1.10. The number of esters is 1. The minimum atomic E-state index is -5.79. The predicted octanol–water partition coefficient (Wildman–Crippen LogP) is 1.22. The van der Waals surface area contributed by atoms with E-state index in [1.54, 1.807) is 0 Å². The Morgan fingerprint density at radius 3 is 1.71 bits per heavy atom. The third kappa shape index (κ3) is 3.40. The number of hydrogen-bond acceptors (Lipinski definition) is 3. The molecule has 3 nitrogen and oxygen atoms in total. The zero-order chi connectivity index (χ0) is 11.6. The molecule has 0 amide bonds. The fraction of sp³-hybridized carbons (Fsp3) is 0.800. The summed E-state index contributed by atoms with van der Waals surface area (Å²) in [5.74, 6) is -6.80. The molecule has 1 N–H and O–H groups in total. The molecular weight excluding hydrogens is 222 g/mol. The van der Waals surface area contributed by atoms with Crippen molar-refractivity contribution in [3.63, 3.8) is 0 Å². The summed E-state index contributed by atoms with van der Waals surface area (Å²) >= 11 is 0. The molecule has 14 heavy (non-hydrogen) atoms. The van der Waals surface area contributed by atoms with E-state index in [0.717, 1.165) is 0 Å². The first-order valence-electron chi connectivity index (χ1n) is 3.01. The first-order chi connectivity index (χ1) is 6.10. The molecule has 0 atom stereocenters. The van der Waals surface area contributed by atoms with Gasteiger partial charge in [0.25, 0.3) is 0 Å². The zero-order valence-corrected chi connectivity index (χ0v) is 6.32. The van der Waals surface area contributed by atoms with Crippen LogP contribution in [0.4, 0.5) is 26.3 Å².